The molecule has 0 aliphatic rings. The Kier molecular flexibility index (Phi) is 5.40. The number of aromatic nitrogens is 6. The van der Waals surface area contributed by atoms with Gasteiger partial charge in [0.05, 0.1) is 10.7 Å². The monoisotopic (exact) mass is 427 g/mol. The zero-order chi connectivity index (χ0) is 21.1. The Labute approximate surface area is 174 Å². The first-order valence-electron chi connectivity index (χ1n) is 8.85. The summed E-state index contributed by atoms with van der Waals surface area (Å²) in [5.41, 5.74) is 1.13. The number of rotatable bonds is 6. The predicted octanol–water partition coefficient (Wildman–Crippen LogP) is 2.77. The van der Waals surface area contributed by atoms with Gasteiger partial charge in [0, 0.05) is 30.6 Å². The van der Waals surface area contributed by atoms with E-state index in [0.29, 0.717) is 17.9 Å². The van der Waals surface area contributed by atoms with Crippen LogP contribution in [0.15, 0.2) is 53.6 Å². The standard InChI is InChI=1S/C19H15ClFN7O2/c20-13-9-15(14(21)10-16(13)29)23-18-19(30)28(8-7-22-18)12-4-1-11(2-5-12)3-6-17-24-26-27-25-17/h1-2,4-5,7-10,29H,3,6H2,(H,22,23)(H,24,25,26,27). The van der Waals surface area contributed by atoms with Gasteiger partial charge in [0.25, 0.3) is 5.56 Å². The molecule has 3 N–H and O–H groups in total. The molecule has 0 unspecified atom stereocenters. The molecule has 0 fully saturated rings. The molecule has 0 bridgehead atoms. The number of nitrogens with zero attached hydrogens (tertiary/aromatic N) is 5. The SMILES string of the molecule is O=c1c(Nc2cc(Cl)c(O)cc2F)nccn1-c1ccc(CCc2nn[nH]n2)cc1. The average molecular weight is 428 g/mol. The van der Waals surface area contributed by atoms with Crippen LogP contribution in [0.2, 0.25) is 5.02 Å². The summed E-state index contributed by atoms with van der Waals surface area (Å²) in [4.78, 5) is 16.8. The molecule has 30 heavy (non-hydrogen) atoms. The smallest absolute Gasteiger partial charge is 0.298 e. The van der Waals surface area contributed by atoms with Crippen molar-refractivity contribution in [3.63, 3.8) is 0 Å². The molecule has 0 radical (unpaired) electrons. The number of phenols is 1. The van der Waals surface area contributed by atoms with Crippen molar-refractivity contribution in [2.24, 2.45) is 0 Å². The Bertz CT molecular complexity index is 1230. The minimum absolute atomic E-state index is 0.0495. The van der Waals surface area contributed by atoms with Gasteiger partial charge in [0.15, 0.2) is 11.6 Å². The van der Waals surface area contributed by atoms with E-state index in [2.05, 4.69) is 30.9 Å². The number of aromatic hydroxyl groups is 1. The van der Waals surface area contributed by atoms with E-state index in [1.54, 1.807) is 12.1 Å². The number of nitrogens with one attached hydrogen (secondary N) is 2. The lowest BCUT2D eigenvalue weighted by molar-refractivity contribution is 0.470. The van der Waals surface area contributed by atoms with E-state index >= 15 is 0 Å². The molecule has 0 saturated carbocycles. The molecule has 11 heteroatoms. The molecule has 152 valence electrons. The van der Waals surface area contributed by atoms with Crippen LogP contribution in [0, 0.1) is 5.82 Å². The van der Waals surface area contributed by atoms with Gasteiger partial charge in [0.2, 0.25) is 0 Å². The topological polar surface area (TPSA) is 122 Å². The van der Waals surface area contributed by atoms with Crippen molar-refractivity contribution in [3.05, 3.63) is 81.4 Å². The number of H-pyrrole nitrogens is 1. The third kappa shape index (κ3) is 4.13. The summed E-state index contributed by atoms with van der Waals surface area (Å²) < 4.78 is 15.4. The van der Waals surface area contributed by atoms with E-state index < -0.39 is 17.1 Å². The van der Waals surface area contributed by atoms with Crippen LogP contribution in [0.5, 0.6) is 5.75 Å². The Morgan fingerprint density at radius 1 is 1.20 bits per heavy atom. The molecule has 0 aliphatic carbocycles. The van der Waals surface area contributed by atoms with Crippen molar-refractivity contribution >= 4 is 23.1 Å². The molecular weight excluding hydrogens is 413 g/mol. The molecule has 4 aromatic rings. The molecular formula is C19H15ClFN7O2. The number of benzene rings is 2. The van der Waals surface area contributed by atoms with Crippen LogP contribution in [-0.2, 0) is 12.8 Å². The van der Waals surface area contributed by atoms with E-state index in [1.165, 1.54) is 23.0 Å². The second-order valence-corrected chi connectivity index (χ2v) is 6.76. The maximum Gasteiger partial charge on any atom is 0.298 e. The minimum Gasteiger partial charge on any atom is -0.506 e. The summed E-state index contributed by atoms with van der Waals surface area (Å²) in [7, 11) is 0. The lowest BCUT2D eigenvalue weighted by Crippen LogP contribution is -2.22. The third-order valence-corrected chi connectivity index (χ3v) is 4.67. The number of hydrogen-bond donors (Lipinski definition) is 3. The first kappa shape index (κ1) is 19.5. The molecule has 2 heterocycles. The highest BCUT2D eigenvalue weighted by atomic mass is 35.5. The summed E-state index contributed by atoms with van der Waals surface area (Å²) >= 11 is 5.82. The van der Waals surface area contributed by atoms with Gasteiger partial charge in [-0.3, -0.25) is 9.36 Å². The highest BCUT2D eigenvalue weighted by Crippen LogP contribution is 2.30. The Hall–Kier alpha value is -3.79. The summed E-state index contributed by atoms with van der Waals surface area (Å²) in [5, 5.41) is 25.8. The Morgan fingerprint density at radius 2 is 2.00 bits per heavy atom. The van der Waals surface area contributed by atoms with Crippen LogP contribution in [0.25, 0.3) is 5.69 Å². The largest absolute Gasteiger partial charge is 0.506 e. The lowest BCUT2D eigenvalue weighted by atomic mass is 10.1. The normalized spacial score (nSPS) is 10.9. The van der Waals surface area contributed by atoms with E-state index in [1.807, 2.05) is 12.1 Å². The van der Waals surface area contributed by atoms with Gasteiger partial charge in [-0.15, -0.1) is 10.2 Å². The number of tetrazole rings is 1. The summed E-state index contributed by atoms with van der Waals surface area (Å²) in [6, 6.07) is 9.44. The molecule has 0 aliphatic heterocycles. The molecule has 0 saturated heterocycles. The lowest BCUT2D eigenvalue weighted by Gasteiger charge is -2.11. The van der Waals surface area contributed by atoms with Crippen LogP contribution in [0.3, 0.4) is 0 Å². The second kappa shape index (κ2) is 8.29. The molecule has 0 atom stereocenters. The van der Waals surface area contributed by atoms with Crippen molar-refractivity contribution in [2.75, 3.05) is 5.32 Å². The van der Waals surface area contributed by atoms with E-state index in [4.69, 9.17) is 11.6 Å². The Morgan fingerprint density at radius 3 is 2.73 bits per heavy atom. The Balaban J connectivity index is 1.55. The van der Waals surface area contributed by atoms with Gasteiger partial charge in [0.1, 0.15) is 11.6 Å². The fourth-order valence-corrected chi connectivity index (χ4v) is 2.99. The molecule has 9 nitrogen and oxygen atoms in total. The maximum absolute atomic E-state index is 14.1. The van der Waals surface area contributed by atoms with Crippen molar-refractivity contribution in [1.82, 2.24) is 30.2 Å². The number of anilines is 2. The quantitative estimate of drug-likeness (QED) is 0.404. The summed E-state index contributed by atoms with van der Waals surface area (Å²) in [6.45, 7) is 0. The first-order chi connectivity index (χ1) is 14.5. The van der Waals surface area contributed by atoms with Gasteiger partial charge in [-0.2, -0.15) is 5.21 Å². The number of halogens is 2. The van der Waals surface area contributed by atoms with Crippen molar-refractivity contribution in [3.8, 4) is 11.4 Å². The van der Waals surface area contributed by atoms with Gasteiger partial charge >= 0.3 is 0 Å². The summed E-state index contributed by atoms with van der Waals surface area (Å²) in [5.74, 6) is -0.613. The van der Waals surface area contributed by atoms with Gasteiger partial charge in [-0.1, -0.05) is 28.9 Å². The molecule has 2 aromatic heterocycles. The average Bonchev–Trinajstić information content (AvgIpc) is 3.26. The van der Waals surface area contributed by atoms with Gasteiger partial charge in [-0.25, -0.2) is 9.37 Å². The van der Waals surface area contributed by atoms with Crippen molar-refractivity contribution < 1.29 is 9.50 Å². The number of aryl methyl sites for hydroxylation is 2. The van der Waals surface area contributed by atoms with E-state index in [0.717, 1.165) is 18.1 Å². The molecule has 2 aromatic carbocycles. The van der Waals surface area contributed by atoms with Crippen LogP contribution in [-0.4, -0.2) is 35.3 Å². The van der Waals surface area contributed by atoms with Gasteiger partial charge < -0.3 is 10.4 Å². The number of phenolic OH excluding ortho intramolecular Hbond substituents is 1. The van der Waals surface area contributed by atoms with Crippen LogP contribution < -0.4 is 10.9 Å². The molecule has 0 spiro atoms. The minimum atomic E-state index is -0.764. The fourth-order valence-electron chi connectivity index (χ4n) is 2.83. The number of hydrogen-bond acceptors (Lipinski definition) is 7. The van der Waals surface area contributed by atoms with Crippen molar-refractivity contribution in [2.45, 2.75) is 12.8 Å². The zero-order valence-electron chi connectivity index (χ0n) is 15.4. The second-order valence-electron chi connectivity index (χ2n) is 6.35. The summed E-state index contributed by atoms with van der Waals surface area (Å²) in [6.07, 6.45) is 4.30. The number of aromatic amines is 1. The van der Waals surface area contributed by atoms with E-state index in [9.17, 15) is 14.3 Å². The fraction of sp³-hybridized carbons (Fsp3) is 0.105. The van der Waals surface area contributed by atoms with Gasteiger partial charge in [-0.05, 0) is 30.2 Å². The van der Waals surface area contributed by atoms with Crippen LogP contribution in [0.1, 0.15) is 11.4 Å². The third-order valence-electron chi connectivity index (χ3n) is 4.37. The highest BCUT2D eigenvalue weighted by Gasteiger charge is 2.12. The predicted molar refractivity (Wildman–Crippen MR) is 108 cm³/mol. The van der Waals surface area contributed by atoms with Crippen LogP contribution >= 0.6 is 11.6 Å². The first-order valence-corrected chi connectivity index (χ1v) is 9.23. The van der Waals surface area contributed by atoms with E-state index in [-0.39, 0.29) is 16.5 Å². The molecule has 4 rings (SSSR count). The van der Waals surface area contributed by atoms with Crippen molar-refractivity contribution in [1.29, 1.82) is 0 Å². The maximum atomic E-state index is 14.1. The highest BCUT2D eigenvalue weighted by molar-refractivity contribution is 6.32. The van der Waals surface area contributed by atoms with Crippen LogP contribution in [0.4, 0.5) is 15.9 Å². The zero-order valence-corrected chi connectivity index (χ0v) is 16.1. The molecule has 0 amide bonds.